The number of fused-ring (bicyclic) bond motifs is 2. The lowest BCUT2D eigenvalue weighted by molar-refractivity contribution is -0.140. The van der Waals surface area contributed by atoms with Gasteiger partial charge in [0, 0.05) is 39.1 Å². The van der Waals surface area contributed by atoms with Gasteiger partial charge in [0.25, 0.3) is 0 Å². The van der Waals surface area contributed by atoms with Crippen molar-refractivity contribution in [3.63, 3.8) is 0 Å². The summed E-state index contributed by atoms with van der Waals surface area (Å²) < 4.78 is 0.973. The fourth-order valence-electron chi connectivity index (χ4n) is 5.73. The zero-order valence-corrected chi connectivity index (χ0v) is 21.9. The molecule has 2 bridgehead atoms. The number of rotatable bonds is 6. The normalized spacial score (nSPS) is 25.6. The van der Waals surface area contributed by atoms with Crippen LogP contribution in [0.15, 0.2) is 46.9 Å². The van der Waals surface area contributed by atoms with Gasteiger partial charge in [-0.3, -0.25) is 9.59 Å². The van der Waals surface area contributed by atoms with Crippen molar-refractivity contribution < 1.29 is 9.59 Å². The zero-order valence-electron chi connectivity index (χ0n) is 18.8. The van der Waals surface area contributed by atoms with Crippen molar-refractivity contribution >= 4 is 50.9 Å². The smallest absolute Gasteiger partial charge is 0.245 e. The highest BCUT2D eigenvalue weighted by molar-refractivity contribution is 9.10. The van der Waals surface area contributed by atoms with Crippen LogP contribution in [0.4, 0.5) is 0 Å². The Morgan fingerprint density at radius 1 is 1.09 bits per heavy atom. The standard InChI is InChI=1S/C26H28BrCl2N3O2/c27-16-3-1-15(2-4-16)11-23(24(33)32-19-6-7-20(32)14-18(30)13-19)31-25(34)26(9-10-26)21-8-5-17(28)12-22(21)29/h1-5,8,12,18-20,23H,6-7,9-11,13-14,30H2,(H,31,34)/t18?,19?,20?,23-/m0/s1. The Morgan fingerprint density at radius 3 is 2.32 bits per heavy atom. The Kier molecular flexibility index (Phi) is 6.70. The quantitative estimate of drug-likeness (QED) is 0.518. The largest absolute Gasteiger partial charge is 0.343 e. The van der Waals surface area contributed by atoms with Gasteiger partial charge >= 0.3 is 0 Å². The number of nitrogens with one attached hydrogen (secondary N) is 1. The molecule has 2 unspecified atom stereocenters. The first-order chi connectivity index (χ1) is 16.3. The van der Waals surface area contributed by atoms with Crippen LogP contribution >= 0.6 is 39.1 Å². The Bertz CT molecular complexity index is 1090. The molecule has 2 aromatic rings. The van der Waals surface area contributed by atoms with Crippen molar-refractivity contribution in [3.05, 3.63) is 68.1 Å². The molecule has 3 fully saturated rings. The summed E-state index contributed by atoms with van der Waals surface area (Å²) in [5, 5.41) is 4.16. The molecule has 3 N–H and O–H groups in total. The second kappa shape index (κ2) is 9.45. The second-order valence-electron chi connectivity index (χ2n) is 9.92. The van der Waals surface area contributed by atoms with Crippen LogP contribution in [-0.2, 0) is 21.4 Å². The van der Waals surface area contributed by atoms with Crippen molar-refractivity contribution in [2.24, 2.45) is 5.73 Å². The van der Waals surface area contributed by atoms with Crippen molar-refractivity contribution in [2.45, 2.75) is 74.5 Å². The number of benzene rings is 2. The predicted octanol–water partition coefficient (Wildman–Crippen LogP) is 5.00. The molecule has 2 amide bonds. The Balaban J connectivity index is 1.41. The van der Waals surface area contributed by atoms with E-state index in [2.05, 4.69) is 21.2 Å². The minimum absolute atomic E-state index is 0.00586. The average Bonchev–Trinajstić information content (AvgIpc) is 3.54. The zero-order chi connectivity index (χ0) is 24.0. The number of hydrogen-bond donors (Lipinski definition) is 2. The molecular formula is C26H28BrCl2N3O2. The molecule has 1 aliphatic carbocycles. The van der Waals surface area contributed by atoms with Crippen LogP contribution < -0.4 is 11.1 Å². The minimum Gasteiger partial charge on any atom is -0.343 e. The third kappa shape index (κ3) is 4.62. The van der Waals surface area contributed by atoms with Gasteiger partial charge in [0.1, 0.15) is 6.04 Å². The van der Waals surface area contributed by atoms with Crippen LogP contribution in [0.1, 0.15) is 49.7 Å². The van der Waals surface area contributed by atoms with Gasteiger partial charge in [-0.1, -0.05) is 57.3 Å². The van der Waals surface area contributed by atoms with Crippen LogP contribution in [0, 0.1) is 0 Å². The molecule has 2 aromatic carbocycles. The summed E-state index contributed by atoms with van der Waals surface area (Å²) in [5.41, 5.74) is 7.30. The van der Waals surface area contributed by atoms with E-state index in [0.717, 1.165) is 41.3 Å². The average molecular weight is 565 g/mol. The summed E-state index contributed by atoms with van der Waals surface area (Å²) in [4.78, 5) is 29.5. The fraction of sp³-hybridized carbons (Fsp3) is 0.462. The van der Waals surface area contributed by atoms with E-state index in [4.69, 9.17) is 28.9 Å². The summed E-state index contributed by atoms with van der Waals surface area (Å²) in [6.07, 6.45) is 5.44. The van der Waals surface area contributed by atoms with E-state index >= 15 is 0 Å². The molecule has 1 saturated carbocycles. The highest BCUT2D eigenvalue weighted by atomic mass is 79.9. The maximum absolute atomic E-state index is 13.9. The summed E-state index contributed by atoms with van der Waals surface area (Å²) >= 11 is 16.0. The van der Waals surface area contributed by atoms with Crippen LogP contribution in [0.25, 0.3) is 0 Å². The minimum atomic E-state index is -0.705. The first-order valence-corrected chi connectivity index (χ1v) is 13.4. The number of hydrogen-bond acceptors (Lipinski definition) is 3. The van der Waals surface area contributed by atoms with E-state index in [0.29, 0.717) is 29.3 Å². The fourth-order valence-corrected chi connectivity index (χ4v) is 6.59. The molecule has 0 aromatic heterocycles. The van der Waals surface area contributed by atoms with Gasteiger partial charge in [-0.2, -0.15) is 0 Å². The molecular weight excluding hydrogens is 537 g/mol. The van der Waals surface area contributed by atoms with Gasteiger partial charge < -0.3 is 16.0 Å². The summed E-state index contributed by atoms with van der Waals surface area (Å²) in [7, 11) is 0. The second-order valence-corrected chi connectivity index (χ2v) is 11.7. The topological polar surface area (TPSA) is 75.4 Å². The molecule has 5 rings (SSSR count). The van der Waals surface area contributed by atoms with Gasteiger partial charge in [0.15, 0.2) is 0 Å². The number of piperidine rings is 1. The number of nitrogens with zero attached hydrogens (tertiary/aromatic N) is 1. The van der Waals surface area contributed by atoms with Crippen molar-refractivity contribution in [2.75, 3.05) is 0 Å². The number of nitrogens with two attached hydrogens (primary N) is 1. The van der Waals surface area contributed by atoms with Crippen LogP contribution in [0.2, 0.25) is 10.0 Å². The van der Waals surface area contributed by atoms with E-state index in [1.807, 2.05) is 35.2 Å². The molecule has 8 heteroatoms. The van der Waals surface area contributed by atoms with Gasteiger partial charge in [-0.25, -0.2) is 0 Å². The Labute approximate surface area is 218 Å². The van der Waals surface area contributed by atoms with E-state index < -0.39 is 11.5 Å². The van der Waals surface area contributed by atoms with Gasteiger partial charge in [0.2, 0.25) is 11.8 Å². The number of carbonyl (C=O) groups excluding carboxylic acids is 2. The highest BCUT2D eigenvalue weighted by Crippen LogP contribution is 2.51. The third-order valence-corrected chi connectivity index (χ3v) is 8.69. The van der Waals surface area contributed by atoms with E-state index in [-0.39, 0.29) is 29.9 Å². The van der Waals surface area contributed by atoms with Crippen molar-refractivity contribution in [1.29, 1.82) is 0 Å². The summed E-state index contributed by atoms with van der Waals surface area (Å²) in [6, 6.07) is 13.0. The summed E-state index contributed by atoms with van der Waals surface area (Å²) in [6.45, 7) is 0. The van der Waals surface area contributed by atoms with Crippen molar-refractivity contribution in [1.82, 2.24) is 10.2 Å². The lowest BCUT2D eigenvalue weighted by atomic mass is 9.93. The lowest BCUT2D eigenvalue weighted by Crippen LogP contribution is -2.58. The lowest BCUT2D eigenvalue weighted by Gasteiger charge is -2.40. The van der Waals surface area contributed by atoms with E-state index in [1.165, 1.54) is 0 Å². The first kappa shape index (κ1) is 24.1. The Hall–Kier alpha value is -1.60. The molecule has 0 spiro atoms. The third-order valence-electron chi connectivity index (χ3n) is 7.61. The molecule has 34 heavy (non-hydrogen) atoms. The van der Waals surface area contributed by atoms with Gasteiger partial charge in [-0.05, 0) is 73.9 Å². The van der Waals surface area contributed by atoms with Crippen LogP contribution in [0.3, 0.4) is 0 Å². The molecule has 0 radical (unpaired) electrons. The van der Waals surface area contributed by atoms with Crippen LogP contribution in [0.5, 0.6) is 0 Å². The first-order valence-electron chi connectivity index (χ1n) is 11.9. The molecule has 2 aliphatic heterocycles. The summed E-state index contributed by atoms with van der Waals surface area (Å²) in [5.74, 6) is -0.151. The monoisotopic (exact) mass is 563 g/mol. The molecule has 2 heterocycles. The van der Waals surface area contributed by atoms with Crippen molar-refractivity contribution in [3.8, 4) is 0 Å². The maximum atomic E-state index is 13.9. The Morgan fingerprint density at radius 2 is 1.74 bits per heavy atom. The number of carbonyl (C=O) groups is 2. The molecule has 3 atom stereocenters. The molecule has 180 valence electrons. The van der Waals surface area contributed by atoms with Gasteiger partial charge in [-0.15, -0.1) is 0 Å². The molecule has 3 aliphatic rings. The van der Waals surface area contributed by atoms with Crippen LogP contribution in [-0.4, -0.2) is 40.9 Å². The predicted molar refractivity (Wildman–Crippen MR) is 138 cm³/mol. The van der Waals surface area contributed by atoms with Gasteiger partial charge in [0.05, 0.1) is 5.41 Å². The SMILES string of the molecule is NC1CC2CCC(C1)N2C(=O)[C@H](Cc1ccc(Br)cc1)NC(=O)C1(c2ccc(Cl)cc2Cl)CC1. The molecule has 5 nitrogen and oxygen atoms in total. The van der Waals surface area contributed by atoms with E-state index in [1.54, 1.807) is 12.1 Å². The maximum Gasteiger partial charge on any atom is 0.245 e. The van der Waals surface area contributed by atoms with E-state index in [9.17, 15) is 9.59 Å². The number of halogens is 3. The number of amides is 2. The highest BCUT2D eigenvalue weighted by Gasteiger charge is 2.53. The molecule has 2 saturated heterocycles.